The van der Waals surface area contributed by atoms with Crippen molar-refractivity contribution in [3.63, 3.8) is 0 Å². The zero-order chi connectivity index (χ0) is 18.4. The number of rotatable bonds is 3. The number of hydrogen-bond acceptors (Lipinski definition) is 5. The van der Waals surface area contributed by atoms with Gasteiger partial charge in [0.05, 0.1) is 5.69 Å². The molecule has 0 unspecified atom stereocenters. The van der Waals surface area contributed by atoms with Gasteiger partial charge in [-0.25, -0.2) is 0 Å². The predicted molar refractivity (Wildman–Crippen MR) is 78.5 cm³/mol. The summed E-state index contributed by atoms with van der Waals surface area (Å²) < 4.78 is 75.3. The molecule has 1 aromatic carbocycles. The van der Waals surface area contributed by atoms with Gasteiger partial charge in [-0.15, -0.1) is 8.98 Å². The maximum absolute atomic E-state index is 13.4. The van der Waals surface area contributed by atoms with Gasteiger partial charge in [-0.3, -0.25) is 0 Å². The Labute approximate surface area is 135 Å². The zero-order valence-electron chi connectivity index (χ0n) is 13.2. The fraction of sp³-hybridized carbons (Fsp3) is 0.385. The number of benzene rings is 1. The van der Waals surface area contributed by atoms with E-state index in [2.05, 4.69) is 10.1 Å². The molecule has 0 spiro atoms. The van der Waals surface area contributed by atoms with Gasteiger partial charge in [-0.1, -0.05) is 6.07 Å². The summed E-state index contributed by atoms with van der Waals surface area (Å²) in [5.41, 5.74) is 0.548. The van der Waals surface area contributed by atoms with Crippen LogP contribution >= 0.6 is 0 Å². The highest BCUT2D eigenvalue weighted by molar-refractivity contribution is 7.86. The van der Waals surface area contributed by atoms with Gasteiger partial charge in [0.1, 0.15) is 4.90 Å². The first-order chi connectivity index (χ1) is 10.8. The normalized spacial score (nSPS) is 12.5. The molecule has 0 fully saturated rings. The maximum Gasteiger partial charge on any atom is 0.453 e. The summed E-state index contributed by atoms with van der Waals surface area (Å²) in [5.74, 6) is -1.55. The molecule has 0 aliphatic carbocycles. The first-order valence-electron chi connectivity index (χ1n) is 6.60. The standard InChI is InChI=1S/C13H14F4N4O2S/c1-7-5-8(2)10(24(17,22)23)6-9(7)21-12(20(3)4)18-11(19-21)13(14,15)16/h5-6H,1-4H3. The monoisotopic (exact) mass is 366 g/mol. The van der Waals surface area contributed by atoms with E-state index in [1.807, 2.05) is 0 Å². The summed E-state index contributed by atoms with van der Waals surface area (Å²) in [7, 11) is -2.12. The minimum atomic E-state index is -5.03. The van der Waals surface area contributed by atoms with Gasteiger partial charge in [-0.05, 0) is 31.0 Å². The Morgan fingerprint density at radius 2 is 1.71 bits per heavy atom. The van der Waals surface area contributed by atoms with Gasteiger partial charge in [0.25, 0.3) is 5.82 Å². The minimum absolute atomic E-state index is 0.0106. The van der Waals surface area contributed by atoms with Gasteiger partial charge in [0, 0.05) is 14.1 Å². The van der Waals surface area contributed by atoms with Crippen molar-refractivity contribution in [2.45, 2.75) is 24.9 Å². The summed E-state index contributed by atoms with van der Waals surface area (Å²) in [5, 5.41) is 3.41. The second-order valence-electron chi connectivity index (χ2n) is 5.38. The predicted octanol–water partition coefficient (Wildman–Crippen LogP) is 2.63. The molecule has 1 heterocycles. The van der Waals surface area contributed by atoms with E-state index in [1.165, 1.54) is 32.0 Å². The van der Waals surface area contributed by atoms with E-state index in [1.54, 1.807) is 6.92 Å². The summed E-state index contributed by atoms with van der Waals surface area (Å²) >= 11 is 0. The van der Waals surface area contributed by atoms with Crippen molar-refractivity contribution in [3.8, 4) is 5.69 Å². The van der Waals surface area contributed by atoms with Gasteiger partial charge in [-0.2, -0.15) is 31.3 Å². The van der Waals surface area contributed by atoms with Crippen LogP contribution < -0.4 is 4.90 Å². The topological polar surface area (TPSA) is 68.1 Å². The second-order valence-corrected chi connectivity index (χ2v) is 6.70. The number of aromatic nitrogens is 3. The Kier molecular flexibility index (Phi) is 4.33. The highest BCUT2D eigenvalue weighted by atomic mass is 32.3. The first kappa shape index (κ1) is 18.2. The molecule has 0 aliphatic heterocycles. The van der Waals surface area contributed by atoms with E-state index >= 15 is 0 Å². The summed E-state index contributed by atoms with van der Waals surface area (Å²) in [6.45, 7) is 2.93. The molecule has 0 radical (unpaired) electrons. The van der Waals surface area contributed by atoms with E-state index in [4.69, 9.17) is 0 Å². The SMILES string of the molecule is Cc1cc(C)c(S(=O)(=O)F)cc1-n1nc(C(F)(F)F)nc1N(C)C. The molecule has 0 amide bonds. The Morgan fingerprint density at radius 3 is 2.17 bits per heavy atom. The van der Waals surface area contributed by atoms with E-state index in [0.29, 0.717) is 5.56 Å². The summed E-state index contributed by atoms with van der Waals surface area (Å²) in [4.78, 5) is 4.08. The number of anilines is 1. The van der Waals surface area contributed by atoms with Gasteiger partial charge in [0.2, 0.25) is 5.95 Å². The molecule has 0 saturated carbocycles. The van der Waals surface area contributed by atoms with E-state index in [0.717, 1.165) is 10.7 Å². The molecule has 6 nitrogen and oxygen atoms in total. The highest BCUT2D eigenvalue weighted by Crippen LogP contribution is 2.31. The van der Waals surface area contributed by atoms with Crippen LogP contribution in [0.1, 0.15) is 17.0 Å². The molecule has 24 heavy (non-hydrogen) atoms. The Hall–Kier alpha value is -2.17. The van der Waals surface area contributed by atoms with E-state index in [-0.39, 0.29) is 17.2 Å². The number of hydrogen-bond donors (Lipinski definition) is 0. The lowest BCUT2D eigenvalue weighted by molar-refractivity contribution is -0.144. The minimum Gasteiger partial charge on any atom is -0.347 e. The molecule has 0 atom stereocenters. The molecule has 1 aromatic heterocycles. The van der Waals surface area contributed by atoms with Crippen LogP contribution in [-0.4, -0.2) is 37.3 Å². The van der Waals surface area contributed by atoms with Crippen LogP contribution in [0.15, 0.2) is 17.0 Å². The van der Waals surface area contributed by atoms with E-state index in [9.17, 15) is 25.5 Å². The molecule has 2 rings (SSSR count). The molecule has 0 aliphatic rings. The van der Waals surface area contributed by atoms with Crippen molar-refractivity contribution in [2.24, 2.45) is 0 Å². The van der Waals surface area contributed by atoms with Gasteiger partial charge in [0.15, 0.2) is 0 Å². The van der Waals surface area contributed by atoms with Crippen molar-refractivity contribution in [1.82, 2.24) is 14.8 Å². The molecular formula is C13H14F4N4O2S. The van der Waals surface area contributed by atoms with Crippen LogP contribution in [0.4, 0.5) is 23.0 Å². The highest BCUT2D eigenvalue weighted by Gasteiger charge is 2.38. The second kappa shape index (κ2) is 5.72. The third kappa shape index (κ3) is 3.35. The molecular weight excluding hydrogens is 352 g/mol. The molecule has 0 N–H and O–H groups in total. The fourth-order valence-corrected chi connectivity index (χ4v) is 2.88. The molecule has 132 valence electrons. The van der Waals surface area contributed by atoms with Crippen LogP contribution in [0.5, 0.6) is 0 Å². The lowest BCUT2D eigenvalue weighted by Crippen LogP contribution is -2.16. The summed E-state index contributed by atoms with van der Waals surface area (Å²) in [6, 6.07) is 2.30. The average Bonchev–Trinajstić information content (AvgIpc) is 2.81. The quantitative estimate of drug-likeness (QED) is 0.617. The van der Waals surface area contributed by atoms with Gasteiger partial charge >= 0.3 is 16.4 Å². The van der Waals surface area contributed by atoms with Gasteiger partial charge < -0.3 is 4.90 Å². The zero-order valence-corrected chi connectivity index (χ0v) is 14.0. The van der Waals surface area contributed by atoms with Crippen LogP contribution in [0.25, 0.3) is 5.69 Å². The van der Waals surface area contributed by atoms with Crippen LogP contribution in [0, 0.1) is 13.8 Å². The van der Waals surface area contributed by atoms with Crippen LogP contribution in [0.3, 0.4) is 0 Å². The largest absolute Gasteiger partial charge is 0.453 e. The number of nitrogens with zero attached hydrogens (tertiary/aromatic N) is 4. The molecule has 11 heteroatoms. The number of alkyl halides is 3. The van der Waals surface area contributed by atoms with Crippen LogP contribution in [-0.2, 0) is 16.4 Å². The van der Waals surface area contributed by atoms with Crippen molar-refractivity contribution < 1.29 is 25.5 Å². The maximum atomic E-state index is 13.4. The van der Waals surface area contributed by atoms with Crippen molar-refractivity contribution in [2.75, 3.05) is 19.0 Å². The Bertz CT molecular complexity index is 888. The lowest BCUT2D eigenvalue weighted by Gasteiger charge is -2.15. The van der Waals surface area contributed by atoms with Crippen LogP contribution in [0.2, 0.25) is 0 Å². The van der Waals surface area contributed by atoms with Crippen molar-refractivity contribution >= 4 is 16.2 Å². The number of aryl methyl sites for hydroxylation is 2. The third-order valence-electron chi connectivity index (χ3n) is 3.23. The summed E-state index contributed by atoms with van der Waals surface area (Å²) in [6.07, 6.45) is -4.77. The third-order valence-corrected chi connectivity index (χ3v) is 4.19. The van der Waals surface area contributed by atoms with Crippen molar-refractivity contribution in [1.29, 1.82) is 0 Å². The fourth-order valence-electron chi connectivity index (χ4n) is 2.19. The smallest absolute Gasteiger partial charge is 0.347 e. The first-order valence-corrected chi connectivity index (χ1v) is 7.98. The molecule has 2 aromatic rings. The molecule has 0 saturated heterocycles. The number of halogens is 4. The molecule has 0 bridgehead atoms. The average molecular weight is 366 g/mol. The van der Waals surface area contributed by atoms with Crippen molar-refractivity contribution in [3.05, 3.63) is 29.1 Å². The lowest BCUT2D eigenvalue weighted by atomic mass is 10.1. The van der Waals surface area contributed by atoms with E-state index < -0.39 is 27.1 Å². The Balaban J connectivity index is 2.79. The Morgan fingerprint density at radius 1 is 1.12 bits per heavy atom.